The lowest BCUT2D eigenvalue weighted by Crippen LogP contribution is -2.54. The predicted molar refractivity (Wildman–Crippen MR) is 158 cm³/mol. The molecule has 1 aliphatic heterocycles. The summed E-state index contributed by atoms with van der Waals surface area (Å²) in [5, 5.41) is 0.394. The van der Waals surface area contributed by atoms with E-state index in [-0.39, 0.29) is 35.1 Å². The van der Waals surface area contributed by atoms with E-state index in [2.05, 4.69) is 21.5 Å². The van der Waals surface area contributed by atoms with Gasteiger partial charge in [0, 0.05) is 31.2 Å². The van der Waals surface area contributed by atoms with Crippen LogP contribution in [-0.2, 0) is 4.79 Å². The lowest BCUT2D eigenvalue weighted by atomic mass is 10.0. The first-order valence-electron chi connectivity index (χ1n) is 13.8. The number of pyridine rings is 1. The number of carbonyl (C=O) groups is 1. The number of fused-ring (bicyclic) bond motifs is 1. The van der Waals surface area contributed by atoms with Gasteiger partial charge < -0.3 is 9.80 Å². The van der Waals surface area contributed by atoms with Gasteiger partial charge >= 0.3 is 5.69 Å². The van der Waals surface area contributed by atoms with E-state index in [4.69, 9.17) is 4.98 Å². The quantitative estimate of drug-likeness (QED) is 0.314. The highest BCUT2D eigenvalue weighted by atomic mass is 19.1. The second-order valence-corrected chi connectivity index (χ2v) is 10.9. The normalized spacial score (nSPS) is 15.7. The Balaban J connectivity index is 1.83. The maximum atomic E-state index is 15.8. The molecule has 0 radical (unpaired) electrons. The average molecular weight is 556 g/mol. The highest BCUT2D eigenvalue weighted by Crippen LogP contribution is 2.34. The van der Waals surface area contributed by atoms with Crippen LogP contribution in [0.2, 0.25) is 0 Å². The third-order valence-electron chi connectivity index (χ3n) is 7.43. The van der Waals surface area contributed by atoms with Gasteiger partial charge in [0.1, 0.15) is 23.7 Å². The van der Waals surface area contributed by atoms with Gasteiger partial charge in [-0.05, 0) is 30.9 Å². The van der Waals surface area contributed by atoms with Gasteiger partial charge in [-0.2, -0.15) is 4.98 Å². The SMILES string of the molecule is C=CC(=O)N1CCN(c2nc(=O)n(-c3c(C(C)C)ncnc3C(C)C)c3nc(-c4ccccc4)c(F)cc23)[C@@H](C)C1. The molecule has 0 bridgehead atoms. The molecule has 1 fully saturated rings. The minimum Gasteiger partial charge on any atom is -0.350 e. The Bertz CT molecular complexity index is 1660. The molecular formula is C31H34FN7O2. The van der Waals surface area contributed by atoms with E-state index < -0.39 is 11.5 Å². The van der Waals surface area contributed by atoms with Crippen molar-refractivity contribution in [2.45, 2.75) is 52.5 Å². The van der Waals surface area contributed by atoms with Crippen LogP contribution in [0, 0.1) is 5.82 Å². The van der Waals surface area contributed by atoms with Gasteiger partial charge in [-0.25, -0.2) is 28.7 Å². The number of halogens is 1. The molecule has 1 saturated heterocycles. The van der Waals surface area contributed by atoms with Crippen molar-refractivity contribution in [3.8, 4) is 16.9 Å². The fourth-order valence-electron chi connectivity index (χ4n) is 5.41. The molecule has 212 valence electrons. The number of rotatable bonds is 6. The van der Waals surface area contributed by atoms with Gasteiger partial charge in [0.2, 0.25) is 5.91 Å². The van der Waals surface area contributed by atoms with Crippen molar-refractivity contribution in [2.24, 2.45) is 0 Å². The molecule has 0 aliphatic carbocycles. The first-order chi connectivity index (χ1) is 19.6. The first kappa shape index (κ1) is 28.1. The van der Waals surface area contributed by atoms with Crippen molar-refractivity contribution < 1.29 is 9.18 Å². The standard InChI is InChI=1S/C31H34FN7O2/c1-7-24(40)37-13-14-38(20(6)16-37)29-22-15-23(32)27(21-11-9-8-10-12-21)35-30(22)39(31(41)36-29)28-25(18(2)3)33-17-34-26(28)19(4)5/h7-12,15,17-20H,1,13-14,16H2,2-6H3/t20-/m0/s1. The third kappa shape index (κ3) is 5.10. The monoisotopic (exact) mass is 555 g/mol. The zero-order chi connectivity index (χ0) is 29.4. The molecular weight excluding hydrogens is 521 g/mol. The summed E-state index contributed by atoms with van der Waals surface area (Å²) in [6, 6.07) is 10.3. The Labute approximate surface area is 238 Å². The molecule has 3 aromatic heterocycles. The molecule has 5 rings (SSSR count). The fourth-order valence-corrected chi connectivity index (χ4v) is 5.41. The van der Waals surface area contributed by atoms with Crippen molar-refractivity contribution in [1.82, 2.24) is 29.4 Å². The van der Waals surface area contributed by atoms with Crippen LogP contribution in [0.15, 0.2) is 60.2 Å². The predicted octanol–water partition coefficient (Wildman–Crippen LogP) is 4.85. The zero-order valence-electron chi connectivity index (χ0n) is 24.0. The molecule has 10 heteroatoms. The topological polar surface area (TPSA) is 97.1 Å². The molecule has 1 aromatic carbocycles. The molecule has 4 heterocycles. The van der Waals surface area contributed by atoms with E-state index in [0.29, 0.717) is 53.5 Å². The molecule has 0 spiro atoms. The van der Waals surface area contributed by atoms with Crippen molar-refractivity contribution in [1.29, 1.82) is 0 Å². The molecule has 1 amide bonds. The molecule has 41 heavy (non-hydrogen) atoms. The number of piperazine rings is 1. The van der Waals surface area contributed by atoms with Crippen LogP contribution in [0.3, 0.4) is 0 Å². The Morgan fingerprint density at radius 3 is 2.29 bits per heavy atom. The van der Waals surface area contributed by atoms with Crippen molar-refractivity contribution in [3.05, 3.63) is 83.1 Å². The zero-order valence-corrected chi connectivity index (χ0v) is 24.0. The fraction of sp³-hybridized carbons (Fsp3) is 0.355. The molecule has 0 N–H and O–H groups in total. The Hall–Kier alpha value is -4.47. The molecule has 4 aromatic rings. The number of benzene rings is 1. The molecule has 1 aliphatic rings. The largest absolute Gasteiger partial charge is 0.355 e. The highest BCUT2D eigenvalue weighted by Gasteiger charge is 2.31. The van der Waals surface area contributed by atoms with Crippen LogP contribution in [-0.4, -0.2) is 61.0 Å². The molecule has 9 nitrogen and oxygen atoms in total. The van der Waals surface area contributed by atoms with Crippen LogP contribution in [0.4, 0.5) is 10.2 Å². The maximum absolute atomic E-state index is 15.8. The molecule has 0 unspecified atom stereocenters. The Morgan fingerprint density at radius 1 is 1.05 bits per heavy atom. The van der Waals surface area contributed by atoms with Gasteiger partial charge in [0.05, 0.1) is 22.5 Å². The minimum absolute atomic E-state index is 0.0309. The molecule has 0 saturated carbocycles. The van der Waals surface area contributed by atoms with Gasteiger partial charge in [0.25, 0.3) is 0 Å². The number of hydrogen-bond acceptors (Lipinski definition) is 7. The number of aromatic nitrogens is 5. The highest BCUT2D eigenvalue weighted by molar-refractivity contribution is 5.91. The van der Waals surface area contributed by atoms with Crippen LogP contribution in [0.5, 0.6) is 0 Å². The first-order valence-corrected chi connectivity index (χ1v) is 13.8. The van der Waals surface area contributed by atoms with E-state index in [1.807, 2.05) is 57.7 Å². The summed E-state index contributed by atoms with van der Waals surface area (Å²) < 4.78 is 17.3. The van der Waals surface area contributed by atoms with Crippen LogP contribution in [0.25, 0.3) is 28.0 Å². The molecule has 1 atom stereocenters. The van der Waals surface area contributed by atoms with Gasteiger partial charge in [-0.15, -0.1) is 0 Å². The number of carbonyl (C=O) groups excluding carboxylic acids is 1. The van der Waals surface area contributed by atoms with Crippen LogP contribution < -0.4 is 10.6 Å². The summed E-state index contributed by atoms with van der Waals surface area (Å²) in [5.74, 6) is -0.410. The van der Waals surface area contributed by atoms with E-state index in [0.717, 1.165) is 0 Å². The van der Waals surface area contributed by atoms with Crippen LogP contribution in [0.1, 0.15) is 57.8 Å². The van der Waals surface area contributed by atoms with E-state index in [9.17, 15) is 9.59 Å². The second kappa shape index (κ2) is 11.2. The van der Waals surface area contributed by atoms with E-state index in [1.54, 1.807) is 17.0 Å². The smallest absolute Gasteiger partial charge is 0.350 e. The third-order valence-corrected chi connectivity index (χ3v) is 7.43. The lowest BCUT2D eigenvalue weighted by Gasteiger charge is -2.40. The number of hydrogen-bond donors (Lipinski definition) is 0. The van der Waals surface area contributed by atoms with Crippen molar-refractivity contribution in [2.75, 3.05) is 24.5 Å². The summed E-state index contributed by atoms with van der Waals surface area (Å²) in [6.07, 6.45) is 2.81. The Kier molecular flexibility index (Phi) is 7.66. The average Bonchev–Trinajstić information content (AvgIpc) is 2.96. The lowest BCUT2D eigenvalue weighted by molar-refractivity contribution is -0.126. The number of nitrogens with zero attached hydrogens (tertiary/aromatic N) is 7. The van der Waals surface area contributed by atoms with Gasteiger partial charge in [-0.1, -0.05) is 64.6 Å². The summed E-state index contributed by atoms with van der Waals surface area (Å²) >= 11 is 0. The minimum atomic E-state index is -0.555. The summed E-state index contributed by atoms with van der Waals surface area (Å²) in [5.41, 5.74) is 2.33. The summed E-state index contributed by atoms with van der Waals surface area (Å²) in [6.45, 7) is 14.8. The Morgan fingerprint density at radius 2 is 1.71 bits per heavy atom. The number of amides is 1. The number of anilines is 1. The van der Waals surface area contributed by atoms with E-state index >= 15 is 4.39 Å². The summed E-state index contributed by atoms with van der Waals surface area (Å²) in [4.78, 5) is 48.4. The van der Waals surface area contributed by atoms with Crippen molar-refractivity contribution >= 4 is 22.8 Å². The van der Waals surface area contributed by atoms with Crippen molar-refractivity contribution in [3.63, 3.8) is 0 Å². The summed E-state index contributed by atoms with van der Waals surface area (Å²) in [7, 11) is 0. The van der Waals surface area contributed by atoms with Gasteiger partial charge in [-0.3, -0.25) is 4.79 Å². The maximum Gasteiger partial charge on any atom is 0.355 e. The van der Waals surface area contributed by atoms with E-state index in [1.165, 1.54) is 23.0 Å². The second-order valence-electron chi connectivity index (χ2n) is 10.9. The van der Waals surface area contributed by atoms with Gasteiger partial charge in [0.15, 0.2) is 5.65 Å². The van der Waals surface area contributed by atoms with Crippen LogP contribution >= 0.6 is 0 Å².